The summed E-state index contributed by atoms with van der Waals surface area (Å²) in [7, 11) is 0. The first-order chi connectivity index (χ1) is 17.3. The summed E-state index contributed by atoms with van der Waals surface area (Å²) in [4.78, 5) is 0. The van der Waals surface area contributed by atoms with E-state index in [9.17, 15) is 0 Å². The van der Waals surface area contributed by atoms with Crippen LogP contribution < -0.4 is 5.32 Å². The Labute approximate surface area is 206 Å². The van der Waals surface area contributed by atoms with Crippen molar-refractivity contribution in [2.24, 2.45) is 0 Å². The van der Waals surface area contributed by atoms with Gasteiger partial charge in [0, 0.05) is 48.1 Å². The topological polar surface area (TPSA) is 25.2 Å². The number of anilines is 2. The van der Waals surface area contributed by atoms with Gasteiger partial charge < -0.3 is 9.73 Å². The van der Waals surface area contributed by atoms with Gasteiger partial charge in [-0.1, -0.05) is 60.7 Å². The van der Waals surface area contributed by atoms with E-state index in [1.807, 2.05) is 11.3 Å². The third kappa shape index (κ3) is 2.88. The summed E-state index contributed by atoms with van der Waals surface area (Å²) in [6.45, 7) is 0. The van der Waals surface area contributed by atoms with Crippen molar-refractivity contribution in [1.29, 1.82) is 0 Å². The number of allylic oxidation sites excluding steroid dienone is 1. The minimum Gasteiger partial charge on any atom is -0.456 e. The first-order valence-corrected chi connectivity index (χ1v) is 12.9. The molecule has 1 aliphatic carbocycles. The first kappa shape index (κ1) is 19.2. The van der Waals surface area contributed by atoms with Crippen molar-refractivity contribution in [2.45, 2.75) is 12.8 Å². The largest absolute Gasteiger partial charge is 0.456 e. The fourth-order valence-electron chi connectivity index (χ4n) is 5.57. The lowest BCUT2D eigenvalue weighted by molar-refractivity contribution is 0.596. The van der Waals surface area contributed by atoms with Crippen molar-refractivity contribution >= 4 is 72.1 Å². The Morgan fingerprint density at radius 2 is 1.60 bits per heavy atom. The van der Waals surface area contributed by atoms with Gasteiger partial charge in [-0.05, 0) is 65.9 Å². The van der Waals surface area contributed by atoms with E-state index >= 15 is 0 Å². The van der Waals surface area contributed by atoms with Crippen molar-refractivity contribution in [3.05, 3.63) is 101 Å². The van der Waals surface area contributed by atoms with E-state index in [0.29, 0.717) is 0 Å². The Kier molecular flexibility index (Phi) is 3.96. The molecule has 0 spiro atoms. The van der Waals surface area contributed by atoms with Crippen LogP contribution in [0.1, 0.15) is 28.9 Å². The van der Waals surface area contributed by atoms with E-state index in [1.165, 1.54) is 47.8 Å². The maximum Gasteiger partial charge on any atom is 0.142 e. The highest BCUT2D eigenvalue weighted by atomic mass is 32.1. The van der Waals surface area contributed by atoms with Crippen molar-refractivity contribution in [2.75, 3.05) is 5.32 Å². The lowest BCUT2D eigenvalue weighted by Crippen LogP contribution is -1.94. The van der Waals surface area contributed by atoms with Gasteiger partial charge in [0.05, 0.1) is 0 Å². The van der Waals surface area contributed by atoms with E-state index in [0.717, 1.165) is 41.1 Å². The summed E-state index contributed by atoms with van der Waals surface area (Å²) in [6, 6.07) is 26.5. The predicted octanol–water partition coefficient (Wildman–Crippen LogP) is 9.65. The summed E-state index contributed by atoms with van der Waals surface area (Å²) in [5, 5.41) is 7.59. The summed E-state index contributed by atoms with van der Waals surface area (Å²) in [6.07, 6.45) is 10.9. The maximum atomic E-state index is 6.35. The molecular formula is C32H21NOS. The van der Waals surface area contributed by atoms with Gasteiger partial charge in [-0.3, -0.25) is 0 Å². The highest BCUT2D eigenvalue weighted by Gasteiger charge is 2.19. The van der Waals surface area contributed by atoms with Crippen LogP contribution in [0, 0.1) is 0 Å². The van der Waals surface area contributed by atoms with E-state index in [1.54, 1.807) is 0 Å². The second-order valence-electron chi connectivity index (χ2n) is 9.36. The quantitative estimate of drug-likeness (QED) is 0.260. The second-order valence-corrected chi connectivity index (χ2v) is 10.4. The maximum absolute atomic E-state index is 6.35. The number of rotatable bonds is 1. The number of benzene rings is 4. The van der Waals surface area contributed by atoms with Crippen LogP contribution in [0.25, 0.3) is 60.5 Å². The molecule has 1 aliphatic heterocycles. The summed E-state index contributed by atoms with van der Waals surface area (Å²) in [5.41, 5.74) is 9.32. The van der Waals surface area contributed by atoms with E-state index in [-0.39, 0.29) is 0 Å². The zero-order valence-corrected chi connectivity index (χ0v) is 19.8. The standard InChI is InChI=1S/C32H21NOS/c1-3-10-29-23(6-1)25-9-5-8-22(32(25)34-29)19-14-15-27-20(16-19)12-13-21-17-31-26(18-28(21)33-27)24-7-2-4-11-30(24)35-31/h2-5,7-18,33H,1,6H2. The molecule has 35 heavy (non-hydrogen) atoms. The predicted molar refractivity (Wildman–Crippen MR) is 151 cm³/mol. The molecule has 1 N–H and O–H groups in total. The molecule has 6 aromatic rings. The third-order valence-corrected chi connectivity index (χ3v) is 8.44. The molecule has 4 aromatic carbocycles. The van der Waals surface area contributed by atoms with Gasteiger partial charge in [0.25, 0.3) is 0 Å². The molecule has 0 saturated carbocycles. The Hall–Kier alpha value is -4.08. The van der Waals surface area contributed by atoms with Gasteiger partial charge in [0.2, 0.25) is 0 Å². The van der Waals surface area contributed by atoms with E-state index in [2.05, 4.69) is 102 Å². The average Bonchev–Trinajstić information content (AvgIpc) is 3.40. The van der Waals surface area contributed by atoms with Gasteiger partial charge in [-0.15, -0.1) is 11.3 Å². The zero-order valence-electron chi connectivity index (χ0n) is 19.0. The monoisotopic (exact) mass is 467 g/mol. The van der Waals surface area contributed by atoms with Gasteiger partial charge in [0.1, 0.15) is 11.3 Å². The Bertz CT molecular complexity index is 1880. The number of aryl methyl sites for hydroxylation is 1. The van der Waals surface area contributed by atoms with Crippen LogP contribution in [0.4, 0.5) is 11.4 Å². The molecule has 0 fully saturated rings. The molecule has 3 heteroatoms. The van der Waals surface area contributed by atoms with Gasteiger partial charge in [0.15, 0.2) is 0 Å². The number of thiophene rings is 1. The molecule has 0 saturated heterocycles. The van der Waals surface area contributed by atoms with Crippen molar-refractivity contribution in [1.82, 2.24) is 0 Å². The molecule has 166 valence electrons. The summed E-state index contributed by atoms with van der Waals surface area (Å²) < 4.78 is 9.01. The third-order valence-electron chi connectivity index (χ3n) is 7.30. The van der Waals surface area contributed by atoms with Crippen molar-refractivity contribution in [3.63, 3.8) is 0 Å². The molecule has 0 amide bonds. The number of furan rings is 1. The molecule has 2 nitrogen and oxygen atoms in total. The molecule has 0 unspecified atom stereocenters. The van der Waals surface area contributed by atoms with Gasteiger partial charge in [-0.2, -0.15) is 0 Å². The van der Waals surface area contributed by atoms with Crippen LogP contribution in [0.5, 0.6) is 0 Å². The van der Waals surface area contributed by atoms with Crippen LogP contribution in [0.15, 0.2) is 83.3 Å². The number of fused-ring (bicyclic) bond motifs is 8. The second kappa shape index (κ2) is 7.21. The number of para-hydroxylation sites is 1. The van der Waals surface area contributed by atoms with Crippen LogP contribution in [-0.2, 0) is 6.42 Å². The van der Waals surface area contributed by atoms with E-state index in [4.69, 9.17) is 4.42 Å². The Balaban J connectivity index is 1.25. The fourth-order valence-corrected chi connectivity index (χ4v) is 6.70. The van der Waals surface area contributed by atoms with Gasteiger partial charge in [-0.25, -0.2) is 0 Å². The smallest absolute Gasteiger partial charge is 0.142 e. The fraction of sp³-hybridized carbons (Fsp3) is 0.0625. The SMILES string of the molecule is C1=Cc2oc3c(-c4ccc5c(c4)C=Cc4cc6sc7ccccc7c6cc4N5)cccc3c2CC1. The van der Waals surface area contributed by atoms with Crippen LogP contribution in [0.2, 0.25) is 0 Å². The number of nitrogens with one attached hydrogen (secondary N) is 1. The van der Waals surface area contributed by atoms with Crippen LogP contribution >= 0.6 is 11.3 Å². The average molecular weight is 468 g/mol. The summed E-state index contributed by atoms with van der Waals surface area (Å²) >= 11 is 1.86. The molecule has 0 bridgehead atoms. The Morgan fingerprint density at radius 3 is 2.57 bits per heavy atom. The van der Waals surface area contributed by atoms with Crippen molar-refractivity contribution in [3.8, 4) is 11.1 Å². The molecule has 0 radical (unpaired) electrons. The Morgan fingerprint density at radius 1 is 0.714 bits per heavy atom. The van der Waals surface area contributed by atoms with Gasteiger partial charge >= 0.3 is 0 Å². The van der Waals surface area contributed by atoms with Crippen molar-refractivity contribution < 1.29 is 4.42 Å². The molecule has 8 rings (SSSR count). The lowest BCUT2D eigenvalue weighted by Gasteiger charge is -2.12. The number of hydrogen-bond donors (Lipinski definition) is 1. The minimum atomic E-state index is 0.991. The lowest BCUT2D eigenvalue weighted by atomic mass is 9.97. The molecule has 0 atom stereocenters. The van der Waals surface area contributed by atoms with Crippen LogP contribution in [-0.4, -0.2) is 0 Å². The molecule has 2 aromatic heterocycles. The first-order valence-electron chi connectivity index (χ1n) is 12.1. The molecule has 2 aliphatic rings. The normalized spacial score (nSPS) is 14.1. The highest BCUT2D eigenvalue weighted by molar-refractivity contribution is 7.25. The minimum absolute atomic E-state index is 0.991. The highest BCUT2D eigenvalue weighted by Crippen LogP contribution is 2.42. The zero-order chi connectivity index (χ0) is 22.9. The molecule has 3 heterocycles. The summed E-state index contributed by atoms with van der Waals surface area (Å²) in [5.74, 6) is 1.01. The molecular weight excluding hydrogens is 446 g/mol. The number of hydrogen-bond acceptors (Lipinski definition) is 3. The van der Waals surface area contributed by atoms with Crippen LogP contribution in [0.3, 0.4) is 0 Å². The van der Waals surface area contributed by atoms with E-state index < -0.39 is 0 Å².